The summed E-state index contributed by atoms with van der Waals surface area (Å²) in [4.78, 5) is 4.61. The van der Waals surface area contributed by atoms with Gasteiger partial charge in [-0.1, -0.05) is 11.6 Å². The number of nitrogen functional groups attached to an aromatic ring is 1. The quantitative estimate of drug-likeness (QED) is 0.851. The Morgan fingerprint density at radius 2 is 2.21 bits per heavy atom. The second-order valence-electron chi connectivity index (χ2n) is 3.57. The molecule has 2 aromatic heterocycles. The highest BCUT2D eigenvalue weighted by Gasteiger charge is 2.16. The number of hydrogen-bond donors (Lipinski definition) is 2. The molecule has 0 radical (unpaired) electrons. The molecule has 0 aromatic carbocycles. The van der Waals surface area contributed by atoms with E-state index < -0.39 is 10.0 Å². The standard InChI is InChI=1S/C10H9BrClN3O2S2/c11-9-2-1-6(18-9)4-15-19(16,17)7-3-8(12)10(13)14-5-7/h1-3,5,15H,4H2,(H2,13,14). The van der Waals surface area contributed by atoms with Crippen molar-refractivity contribution < 1.29 is 8.42 Å². The fraction of sp³-hybridized carbons (Fsp3) is 0.100. The molecule has 0 amide bonds. The highest BCUT2D eigenvalue weighted by Crippen LogP contribution is 2.23. The summed E-state index contributed by atoms with van der Waals surface area (Å²) in [6.07, 6.45) is 1.17. The van der Waals surface area contributed by atoms with E-state index in [0.717, 1.165) is 8.66 Å². The van der Waals surface area contributed by atoms with Crippen molar-refractivity contribution in [3.63, 3.8) is 0 Å². The number of halogens is 2. The van der Waals surface area contributed by atoms with E-state index in [1.807, 2.05) is 12.1 Å². The van der Waals surface area contributed by atoms with Gasteiger partial charge in [0.2, 0.25) is 10.0 Å². The molecular formula is C10H9BrClN3O2S2. The number of nitrogens with two attached hydrogens (primary N) is 1. The lowest BCUT2D eigenvalue weighted by molar-refractivity contribution is 0.581. The van der Waals surface area contributed by atoms with Crippen LogP contribution >= 0.6 is 38.9 Å². The van der Waals surface area contributed by atoms with Crippen LogP contribution in [0.4, 0.5) is 5.82 Å². The van der Waals surface area contributed by atoms with E-state index in [0.29, 0.717) is 0 Å². The van der Waals surface area contributed by atoms with Crippen molar-refractivity contribution in [2.75, 3.05) is 5.73 Å². The smallest absolute Gasteiger partial charge is 0.242 e. The Hall–Kier alpha value is -0.670. The monoisotopic (exact) mass is 381 g/mol. The molecule has 0 fully saturated rings. The molecule has 2 heterocycles. The molecule has 9 heteroatoms. The fourth-order valence-electron chi connectivity index (χ4n) is 1.27. The van der Waals surface area contributed by atoms with Crippen LogP contribution in [0.5, 0.6) is 0 Å². The van der Waals surface area contributed by atoms with Gasteiger partial charge in [0, 0.05) is 17.6 Å². The predicted molar refractivity (Wildman–Crippen MR) is 79.7 cm³/mol. The first-order valence-electron chi connectivity index (χ1n) is 5.03. The topological polar surface area (TPSA) is 85.1 Å². The Labute approximate surface area is 128 Å². The Bertz CT molecular complexity index is 703. The largest absolute Gasteiger partial charge is 0.382 e. The average molecular weight is 383 g/mol. The minimum Gasteiger partial charge on any atom is -0.382 e. The number of rotatable bonds is 4. The lowest BCUT2D eigenvalue weighted by Gasteiger charge is -2.06. The van der Waals surface area contributed by atoms with Crippen molar-refractivity contribution in [1.82, 2.24) is 9.71 Å². The Morgan fingerprint density at radius 1 is 1.47 bits per heavy atom. The summed E-state index contributed by atoms with van der Waals surface area (Å²) < 4.78 is 27.5. The number of aromatic nitrogens is 1. The molecule has 19 heavy (non-hydrogen) atoms. The van der Waals surface area contributed by atoms with Crippen molar-refractivity contribution in [3.05, 3.63) is 38.1 Å². The van der Waals surface area contributed by atoms with E-state index in [-0.39, 0.29) is 22.3 Å². The van der Waals surface area contributed by atoms with Gasteiger partial charge in [0.25, 0.3) is 0 Å². The van der Waals surface area contributed by atoms with Crippen LogP contribution in [0.1, 0.15) is 4.88 Å². The van der Waals surface area contributed by atoms with Gasteiger partial charge in [0.15, 0.2) is 0 Å². The number of thiophene rings is 1. The van der Waals surface area contributed by atoms with Gasteiger partial charge >= 0.3 is 0 Å². The molecule has 0 saturated carbocycles. The van der Waals surface area contributed by atoms with E-state index in [1.54, 1.807) is 0 Å². The molecule has 5 nitrogen and oxygen atoms in total. The summed E-state index contributed by atoms with van der Waals surface area (Å²) in [6.45, 7) is 0.209. The third-order valence-electron chi connectivity index (χ3n) is 2.22. The number of pyridine rings is 1. The second kappa shape index (κ2) is 5.76. The van der Waals surface area contributed by atoms with Crippen LogP contribution in [0.3, 0.4) is 0 Å². The van der Waals surface area contributed by atoms with Gasteiger partial charge in [-0.25, -0.2) is 18.1 Å². The molecule has 2 rings (SSSR count). The van der Waals surface area contributed by atoms with E-state index >= 15 is 0 Å². The summed E-state index contributed by atoms with van der Waals surface area (Å²) in [5, 5.41) is 0.113. The van der Waals surface area contributed by atoms with Gasteiger partial charge in [-0.3, -0.25) is 0 Å². The number of nitrogens with zero attached hydrogens (tertiary/aromatic N) is 1. The third-order valence-corrected chi connectivity index (χ3v) is 5.51. The van der Waals surface area contributed by atoms with Crippen LogP contribution in [0.2, 0.25) is 5.02 Å². The zero-order valence-electron chi connectivity index (χ0n) is 9.43. The van der Waals surface area contributed by atoms with Gasteiger partial charge in [0.1, 0.15) is 10.7 Å². The maximum Gasteiger partial charge on any atom is 0.242 e. The molecule has 102 valence electrons. The molecule has 2 aromatic rings. The molecule has 3 N–H and O–H groups in total. The number of hydrogen-bond acceptors (Lipinski definition) is 5. The first-order chi connectivity index (χ1) is 8.88. The average Bonchev–Trinajstić information content (AvgIpc) is 2.76. The first kappa shape index (κ1) is 14.7. The second-order valence-corrected chi connectivity index (χ2v) is 8.29. The minimum atomic E-state index is -3.65. The van der Waals surface area contributed by atoms with Crippen molar-refractivity contribution in [2.45, 2.75) is 11.4 Å². The molecule has 0 aliphatic heterocycles. The van der Waals surface area contributed by atoms with Crippen LogP contribution in [0.25, 0.3) is 0 Å². The fourth-order valence-corrected chi connectivity index (χ4v) is 4.00. The van der Waals surface area contributed by atoms with Crippen LogP contribution in [-0.4, -0.2) is 13.4 Å². The van der Waals surface area contributed by atoms with Gasteiger partial charge in [-0.15, -0.1) is 11.3 Å². The van der Waals surface area contributed by atoms with Crippen molar-refractivity contribution in [3.8, 4) is 0 Å². The van der Waals surface area contributed by atoms with E-state index in [2.05, 4.69) is 25.6 Å². The molecular weight excluding hydrogens is 374 g/mol. The molecule has 0 aliphatic carbocycles. The SMILES string of the molecule is Nc1ncc(S(=O)(=O)NCc2ccc(Br)s2)cc1Cl. The van der Waals surface area contributed by atoms with Crippen LogP contribution in [-0.2, 0) is 16.6 Å². The zero-order chi connectivity index (χ0) is 14.0. The van der Waals surface area contributed by atoms with Gasteiger partial charge in [0.05, 0.1) is 8.81 Å². The molecule has 0 bridgehead atoms. The molecule has 0 atom stereocenters. The predicted octanol–water partition coefficient (Wildman–Crippen LogP) is 2.62. The Kier molecular flexibility index (Phi) is 4.46. The number of anilines is 1. The highest BCUT2D eigenvalue weighted by molar-refractivity contribution is 9.11. The molecule has 0 aliphatic rings. The lowest BCUT2D eigenvalue weighted by Crippen LogP contribution is -2.23. The summed E-state index contributed by atoms with van der Waals surface area (Å²) in [7, 11) is -3.65. The maximum atomic E-state index is 12.0. The van der Waals surface area contributed by atoms with Crippen molar-refractivity contribution in [2.24, 2.45) is 0 Å². The summed E-state index contributed by atoms with van der Waals surface area (Å²) in [5.74, 6) is 0.0998. The number of nitrogens with one attached hydrogen (secondary N) is 1. The van der Waals surface area contributed by atoms with Crippen LogP contribution in [0, 0.1) is 0 Å². The zero-order valence-corrected chi connectivity index (χ0v) is 13.4. The summed E-state index contributed by atoms with van der Waals surface area (Å²) >= 11 is 10.5. The van der Waals surface area contributed by atoms with Crippen LogP contribution < -0.4 is 10.5 Å². The summed E-state index contributed by atoms with van der Waals surface area (Å²) in [6, 6.07) is 4.97. The Morgan fingerprint density at radius 3 is 2.79 bits per heavy atom. The van der Waals surface area contributed by atoms with Crippen LogP contribution in [0.15, 0.2) is 33.1 Å². The van der Waals surface area contributed by atoms with E-state index in [1.165, 1.54) is 23.6 Å². The lowest BCUT2D eigenvalue weighted by atomic mass is 10.5. The molecule has 0 saturated heterocycles. The minimum absolute atomic E-state index is 0.0117. The van der Waals surface area contributed by atoms with Crippen molar-refractivity contribution >= 4 is 54.7 Å². The van der Waals surface area contributed by atoms with Gasteiger partial charge in [-0.2, -0.15) is 0 Å². The van der Waals surface area contributed by atoms with Gasteiger partial charge < -0.3 is 5.73 Å². The van der Waals surface area contributed by atoms with Gasteiger partial charge in [-0.05, 0) is 34.1 Å². The van der Waals surface area contributed by atoms with E-state index in [9.17, 15) is 8.42 Å². The third kappa shape index (κ3) is 3.67. The molecule has 0 unspecified atom stereocenters. The van der Waals surface area contributed by atoms with E-state index in [4.69, 9.17) is 17.3 Å². The Balaban J connectivity index is 2.16. The summed E-state index contributed by atoms with van der Waals surface area (Å²) in [5.41, 5.74) is 5.44. The number of sulfonamides is 1. The normalized spacial score (nSPS) is 11.7. The first-order valence-corrected chi connectivity index (χ1v) is 8.50. The van der Waals surface area contributed by atoms with Crippen molar-refractivity contribution in [1.29, 1.82) is 0 Å². The molecule has 0 spiro atoms. The highest BCUT2D eigenvalue weighted by atomic mass is 79.9. The maximum absolute atomic E-state index is 12.0.